The number of carbonyl (C=O) groups is 1. The van der Waals surface area contributed by atoms with Crippen molar-refractivity contribution in [1.29, 1.82) is 0 Å². The number of benzene rings is 1. The van der Waals surface area contributed by atoms with E-state index in [2.05, 4.69) is 12.2 Å². The van der Waals surface area contributed by atoms with Crippen molar-refractivity contribution >= 4 is 27.5 Å². The van der Waals surface area contributed by atoms with Gasteiger partial charge in [-0.1, -0.05) is 31.4 Å². The van der Waals surface area contributed by atoms with Gasteiger partial charge in [0.05, 0.1) is 12.7 Å². The molecule has 0 aromatic heterocycles. The number of nitrogens with one attached hydrogen (secondary N) is 1. The summed E-state index contributed by atoms with van der Waals surface area (Å²) in [6.07, 6.45) is 2.87. The molecule has 0 spiro atoms. The number of hydrogen-bond donors (Lipinski definition) is 2. The minimum absolute atomic E-state index is 0.0468. The van der Waals surface area contributed by atoms with Crippen LogP contribution in [0.2, 0.25) is 5.02 Å². The van der Waals surface area contributed by atoms with E-state index in [0.29, 0.717) is 6.54 Å². The number of hydrogen-bond acceptors (Lipinski definition) is 4. The summed E-state index contributed by atoms with van der Waals surface area (Å²) >= 11 is 5.86. The molecule has 1 aromatic carbocycles. The summed E-state index contributed by atoms with van der Waals surface area (Å²) < 4.78 is 28.1. The van der Waals surface area contributed by atoms with Gasteiger partial charge < -0.3 is 10.1 Å². The molecule has 0 saturated carbocycles. The standard InChI is InChI=1S/C13H19ClN2O4S/c1-3-4-5-6-16-13(17)10-7-9(14)8-11(12(10)20-2)21(15,18)19/h7-8H,3-6H2,1-2H3,(H,16,17)(H2,15,18,19). The fourth-order valence-electron chi connectivity index (χ4n) is 1.83. The van der Waals surface area contributed by atoms with Crippen LogP contribution in [0.4, 0.5) is 0 Å². The van der Waals surface area contributed by atoms with Crippen molar-refractivity contribution in [3.8, 4) is 5.75 Å². The zero-order valence-electron chi connectivity index (χ0n) is 12.0. The van der Waals surface area contributed by atoms with Crippen LogP contribution in [0, 0.1) is 0 Å². The van der Waals surface area contributed by atoms with E-state index in [1.165, 1.54) is 13.2 Å². The van der Waals surface area contributed by atoms with E-state index in [1.54, 1.807) is 0 Å². The van der Waals surface area contributed by atoms with E-state index in [9.17, 15) is 13.2 Å². The normalized spacial score (nSPS) is 11.2. The Morgan fingerprint density at radius 1 is 1.38 bits per heavy atom. The minimum atomic E-state index is -4.04. The summed E-state index contributed by atoms with van der Waals surface area (Å²) in [7, 11) is -2.77. The Bertz CT molecular complexity index is 617. The topological polar surface area (TPSA) is 98.5 Å². The summed E-state index contributed by atoms with van der Waals surface area (Å²) in [6.45, 7) is 2.55. The predicted octanol–water partition coefficient (Wildman–Crippen LogP) is 1.92. The van der Waals surface area contributed by atoms with Crippen molar-refractivity contribution in [2.75, 3.05) is 13.7 Å². The lowest BCUT2D eigenvalue weighted by Gasteiger charge is -2.13. The lowest BCUT2D eigenvalue weighted by Crippen LogP contribution is -2.26. The van der Waals surface area contributed by atoms with Gasteiger partial charge in [-0.2, -0.15) is 0 Å². The monoisotopic (exact) mass is 334 g/mol. The lowest BCUT2D eigenvalue weighted by atomic mass is 10.1. The Morgan fingerprint density at radius 2 is 2.05 bits per heavy atom. The molecule has 1 aromatic rings. The number of amides is 1. The van der Waals surface area contributed by atoms with Gasteiger partial charge in [0.2, 0.25) is 10.0 Å². The molecule has 0 saturated heterocycles. The number of ether oxygens (including phenoxy) is 1. The summed E-state index contributed by atoms with van der Waals surface area (Å²) in [4.78, 5) is 11.8. The molecule has 0 aliphatic heterocycles. The second-order valence-electron chi connectivity index (χ2n) is 4.49. The Balaban J connectivity index is 3.12. The first-order chi connectivity index (χ1) is 9.81. The number of nitrogens with two attached hydrogens (primary N) is 1. The van der Waals surface area contributed by atoms with Gasteiger partial charge in [-0.25, -0.2) is 13.6 Å². The average Bonchev–Trinajstić information content (AvgIpc) is 2.41. The third-order valence-corrected chi connectivity index (χ3v) is 3.98. The maximum atomic E-state index is 12.1. The minimum Gasteiger partial charge on any atom is -0.494 e. The second kappa shape index (κ2) is 7.63. The molecule has 0 aliphatic rings. The number of halogens is 1. The van der Waals surface area contributed by atoms with Crippen molar-refractivity contribution in [3.05, 3.63) is 22.7 Å². The molecule has 8 heteroatoms. The van der Waals surface area contributed by atoms with Crippen molar-refractivity contribution in [2.45, 2.75) is 31.1 Å². The third kappa shape index (κ3) is 4.87. The fourth-order valence-corrected chi connectivity index (χ4v) is 2.86. The van der Waals surface area contributed by atoms with Gasteiger partial charge >= 0.3 is 0 Å². The van der Waals surface area contributed by atoms with Crippen molar-refractivity contribution in [3.63, 3.8) is 0 Å². The first-order valence-corrected chi connectivity index (χ1v) is 8.42. The first-order valence-electron chi connectivity index (χ1n) is 6.49. The van der Waals surface area contributed by atoms with E-state index in [0.717, 1.165) is 25.3 Å². The number of unbranched alkanes of at least 4 members (excludes halogenated alkanes) is 2. The predicted molar refractivity (Wildman–Crippen MR) is 81.2 cm³/mol. The van der Waals surface area contributed by atoms with Crippen molar-refractivity contribution in [2.24, 2.45) is 5.14 Å². The zero-order chi connectivity index (χ0) is 16.0. The van der Waals surface area contributed by atoms with E-state index in [4.69, 9.17) is 21.5 Å². The lowest BCUT2D eigenvalue weighted by molar-refractivity contribution is 0.0949. The summed E-state index contributed by atoms with van der Waals surface area (Å²) in [5.74, 6) is -0.551. The molecule has 3 N–H and O–H groups in total. The van der Waals surface area contributed by atoms with Gasteiger partial charge in [0.1, 0.15) is 4.90 Å². The Morgan fingerprint density at radius 3 is 2.57 bits per heavy atom. The molecule has 0 bridgehead atoms. The van der Waals surface area contributed by atoms with Gasteiger partial charge in [-0.05, 0) is 18.6 Å². The van der Waals surface area contributed by atoms with Crippen LogP contribution in [0.25, 0.3) is 0 Å². The largest absolute Gasteiger partial charge is 0.494 e. The molecule has 21 heavy (non-hydrogen) atoms. The third-order valence-electron chi connectivity index (χ3n) is 2.84. The van der Waals surface area contributed by atoms with Gasteiger partial charge in [-0.15, -0.1) is 0 Å². The molecule has 0 atom stereocenters. The van der Waals surface area contributed by atoms with Crippen molar-refractivity contribution < 1.29 is 17.9 Å². The van der Waals surface area contributed by atoms with Gasteiger partial charge in [0, 0.05) is 11.6 Å². The smallest absolute Gasteiger partial charge is 0.255 e. The highest BCUT2D eigenvalue weighted by molar-refractivity contribution is 7.89. The molecule has 1 amide bonds. The van der Waals surface area contributed by atoms with Crippen LogP contribution in [0.15, 0.2) is 17.0 Å². The molecule has 0 fully saturated rings. The first kappa shape index (κ1) is 17.7. The van der Waals surface area contributed by atoms with Gasteiger partial charge in [0.15, 0.2) is 5.75 Å². The molecule has 0 radical (unpaired) electrons. The highest BCUT2D eigenvalue weighted by Gasteiger charge is 2.23. The fraction of sp³-hybridized carbons (Fsp3) is 0.462. The summed E-state index contributed by atoms with van der Waals surface area (Å²) in [5, 5.41) is 7.91. The van der Waals surface area contributed by atoms with E-state index in [1.807, 2.05) is 0 Å². The van der Waals surface area contributed by atoms with Crippen LogP contribution in [0.1, 0.15) is 36.5 Å². The average molecular weight is 335 g/mol. The highest BCUT2D eigenvalue weighted by atomic mass is 35.5. The number of methoxy groups -OCH3 is 1. The molecule has 0 unspecified atom stereocenters. The second-order valence-corrected chi connectivity index (χ2v) is 6.46. The van der Waals surface area contributed by atoms with E-state index >= 15 is 0 Å². The summed E-state index contributed by atoms with van der Waals surface area (Å²) in [6, 6.07) is 2.51. The highest BCUT2D eigenvalue weighted by Crippen LogP contribution is 2.31. The molecule has 0 heterocycles. The Kier molecular flexibility index (Phi) is 6.44. The maximum absolute atomic E-state index is 12.1. The van der Waals surface area contributed by atoms with Crippen LogP contribution in [-0.4, -0.2) is 28.0 Å². The molecule has 6 nitrogen and oxygen atoms in total. The van der Waals surface area contributed by atoms with E-state index < -0.39 is 15.9 Å². The molecule has 1 rings (SSSR count). The van der Waals surface area contributed by atoms with Gasteiger partial charge in [0.25, 0.3) is 5.91 Å². The Labute approximate surface area is 129 Å². The van der Waals surface area contributed by atoms with Crippen LogP contribution in [-0.2, 0) is 10.0 Å². The van der Waals surface area contributed by atoms with Crippen molar-refractivity contribution in [1.82, 2.24) is 5.32 Å². The van der Waals surface area contributed by atoms with Crippen LogP contribution < -0.4 is 15.2 Å². The number of primary sulfonamides is 1. The number of carbonyl (C=O) groups excluding carboxylic acids is 1. The molecule has 118 valence electrons. The SMILES string of the molecule is CCCCCNC(=O)c1cc(Cl)cc(S(N)(=O)=O)c1OC. The van der Waals surface area contributed by atoms with Gasteiger partial charge in [-0.3, -0.25) is 4.79 Å². The number of rotatable bonds is 7. The maximum Gasteiger partial charge on any atom is 0.255 e. The molecular formula is C13H19ClN2O4S. The zero-order valence-corrected chi connectivity index (χ0v) is 13.6. The van der Waals surface area contributed by atoms with Crippen LogP contribution in [0.3, 0.4) is 0 Å². The van der Waals surface area contributed by atoms with Crippen LogP contribution in [0.5, 0.6) is 5.75 Å². The molecule has 0 aliphatic carbocycles. The quantitative estimate of drug-likeness (QED) is 0.744. The summed E-state index contributed by atoms with van der Waals surface area (Å²) in [5.41, 5.74) is 0.0468. The number of sulfonamides is 1. The van der Waals surface area contributed by atoms with Crippen LogP contribution >= 0.6 is 11.6 Å². The Hall–Kier alpha value is -1.31. The van der Waals surface area contributed by atoms with E-state index in [-0.39, 0.29) is 21.2 Å². The molecular weight excluding hydrogens is 316 g/mol.